The predicted octanol–water partition coefficient (Wildman–Crippen LogP) is 0.577. The maximum Gasteiger partial charge on any atom is 0.317 e. The molecule has 0 spiro atoms. The van der Waals surface area contributed by atoms with Crippen molar-refractivity contribution in [2.45, 2.75) is 32.5 Å². The van der Waals surface area contributed by atoms with Crippen LogP contribution in [0.1, 0.15) is 18.1 Å². The Balaban J connectivity index is 2.65. The van der Waals surface area contributed by atoms with Crippen LogP contribution in [0.25, 0.3) is 0 Å². The molecule has 2 amide bonds. The highest BCUT2D eigenvalue weighted by atomic mass is 19.1. The summed E-state index contributed by atoms with van der Waals surface area (Å²) < 4.78 is 24.2. The highest BCUT2D eigenvalue weighted by Crippen LogP contribution is 2.11. The van der Waals surface area contributed by atoms with E-state index in [1.54, 1.807) is 25.1 Å². The van der Waals surface area contributed by atoms with Crippen LogP contribution in [0, 0.1) is 12.7 Å². The minimum absolute atomic E-state index is 0.00105. The van der Waals surface area contributed by atoms with E-state index < -0.39 is 30.8 Å². The number of hydrogen-bond donors (Lipinski definition) is 3. The molecule has 0 saturated heterocycles. The standard InChI is InChI=1S/C18H27FN2O6/c1-12-5-4-6-14(17(12)19)7-20-18(25)21(3)15(10-27-13(2)23)9-26-11-16(24)8-22/h4-6,15-16,22,24H,7-11H2,1-3H3,(H,20,25). The van der Waals surface area contributed by atoms with E-state index in [0.29, 0.717) is 11.1 Å². The van der Waals surface area contributed by atoms with Gasteiger partial charge >= 0.3 is 12.0 Å². The highest BCUT2D eigenvalue weighted by Gasteiger charge is 2.22. The van der Waals surface area contributed by atoms with Gasteiger partial charge in [-0.15, -0.1) is 0 Å². The van der Waals surface area contributed by atoms with Crippen molar-refractivity contribution >= 4 is 12.0 Å². The van der Waals surface area contributed by atoms with Gasteiger partial charge in [-0.1, -0.05) is 18.2 Å². The summed E-state index contributed by atoms with van der Waals surface area (Å²) in [5.74, 6) is -0.885. The Labute approximate surface area is 157 Å². The van der Waals surface area contributed by atoms with E-state index in [1.165, 1.54) is 18.9 Å². The molecule has 152 valence electrons. The van der Waals surface area contributed by atoms with E-state index in [0.717, 1.165) is 0 Å². The number of likely N-dealkylation sites (N-methyl/N-ethyl adjacent to an activating group) is 1. The molecule has 0 aliphatic carbocycles. The fraction of sp³-hybridized carbons (Fsp3) is 0.556. The summed E-state index contributed by atoms with van der Waals surface area (Å²) in [6, 6.07) is 3.80. The van der Waals surface area contributed by atoms with Crippen molar-refractivity contribution in [3.63, 3.8) is 0 Å². The third-order valence-electron chi connectivity index (χ3n) is 3.88. The molecule has 0 bridgehead atoms. The lowest BCUT2D eigenvalue weighted by atomic mass is 10.1. The van der Waals surface area contributed by atoms with Crippen molar-refractivity contribution in [2.24, 2.45) is 0 Å². The second-order valence-electron chi connectivity index (χ2n) is 6.15. The van der Waals surface area contributed by atoms with Gasteiger partial charge in [-0.3, -0.25) is 4.79 Å². The molecule has 2 unspecified atom stereocenters. The van der Waals surface area contributed by atoms with Crippen molar-refractivity contribution < 1.29 is 33.7 Å². The Morgan fingerprint density at radius 1 is 1.30 bits per heavy atom. The van der Waals surface area contributed by atoms with Crippen molar-refractivity contribution in [2.75, 3.05) is 33.5 Å². The van der Waals surface area contributed by atoms with Crippen LogP contribution in [-0.2, 0) is 20.8 Å². The lowest BCUT2D eigenvalue weighted by Gasteiger charge is -2.28. The number of carbonyl (C=O) groups is 2. The molecule has 2 atom stereocenters. The van der Waals surface area contributed by atoms with Gasteiger partial charge in [0.15, 0.2) is 0 Å². The van der Waals surface area contributed by atoms with E-state index in [9.17, 15) is 19.1 Å². The average molecular weight is 386 g/mol. The van der Waals surface area contributed by atoms with Gasteiger partial charge < -0.3 is 29.9 Å². The number of urea groups is 1. The van der Waals surface area contributed by atoms with Crippen molar-refractivity contribution in [1.82, 2.24) is 10.2 Å². The number of aryl methyl sites for hydroxylation is 1. The van der Waals surface area contributed by atoms with Gasteiger partial charge in [0.1, 0.15) is 18.5 Å². The minimum Gasteiger partial charge on any atom is -0.464 e. The first-order valence-electron chi connectivity index (χ1n) is 8.50. The van der Waals surface area contributed by atoms with Gasteiger partial charge in [-0.05, 0) is 12.5 Å². The zero-order valence-corrected chi connectivity index (χ0v) is 15.8. The maximum atomic E-state index is 14.0. The number of ether oxygens (including phenoxy) is 2. The van der Waals surface area contributed by atoms with Gasteiger partial charge in [0, 0.05) is 26.1 Å². The Morgan fingerprint density at radius 2 is 2.00 bits per heavy atom. The first-order chi connectivity index (χ1) is 12.8. The molecule has 0 radical (unpaired) electrons. The summed E-state index contributed by atoms with van der Waals surface area (Å²) in [6.07, 6.45) is -1.04. The number of nitrogens with one attached hydrogen (secondary N) is 1. The summed E-state index contributed by atoms with van der Waals surface area (Å²) in [6.45, 7) is 2.18. The maximum absolute atomic E-state index is 14.0. The van der Waals surface area contributed by atoms with E-state index in [2.05, 4.69) is 5.32 Å². The minimum atomic E-state index is -1.04. The number of halogens is 1. The number of amides is 2. The molecule has 0 aliphatic heterocycles. The van der Waals surface area contributed by atoms with Crippen LogP contribution in [0.15, 0.2) is 18.2 Å². The number of esters is 1. The lowest BCUT2D eigenvalue weighted by Crippen LogP contribution is -2.48. The number of hydrogen-bond acceptors (Lipinski definition) is 6. The van der Waals surface area contributed by atoms with Crippen molar-refractivity contribution in [3.05, 3.63) is 35.1 Å². The monoisotopic (exact) mass is 386 g/mol. The Bertz CT molecular complexity index is 628. The molecule has 1 aromatic rings. The normalized spacial score (nSPS) is 13.0. The molecule has 27 heavy (non-hydrogen) atoms. The van der Waals surface area contributed by atoms with Crippen LogP contribution in [0.4, 0.5) is 9.18 Å². The van der Waals surface area contributed by atoms with E-state index in [1.807, 2.05) is 0 Å². The third kappa shape index (κ3) is 7.90. The molecule has 0 aromatic heterocycles. The quantitative estimate of drug-likeness (QED) is 0.508. The van der Waals surface area contributed by atoms with Crippen LogP contribution >= 0.6 is 0 Å². The van der Waals surface area contributed by atoms with Crippen LogP contribution in [0.5, 0.6) is 0 Å². The molecule has 1 rings (SSSR count). The zero-order valence-electron chi connectivity index (χ0n) is 15.8. The summed E-state index contributed by atoms with van der Waals surface area (Å²) in [5, 5.41) is 20.7. The van der Waals surface area contributed by atoms with Gasteiger partial charge in [0.05, 0.1) is 25.9 Å². The van der Waals surface area contributed by atoms with E-state index in [4.69, 9.17) is 14.6 Å². The molecule has 3 N–H and O–H groups in total. The van der Waals surface area contributed by atoms with E-state index in [-0.39, 0.29) is 32.2 Å². The first-order valence-corrected chi connectivity index (χ1v) is 8.50. The largest absolute Gasteiger partial charge is 0.464 e. The van der Waals surface area contributed by atoms with E-state index >= 15 is 0 Å². The molecular weight excluding hydrogens is 359 g/mol. The smallest absolute Gasteiger partial charge is 0.317 e. The number of benzene rings is 1. The van der Waals surface area contributed by atoms with Gasteiger partial charge in [-0.25, -0.2) is 9.18 Å². The van der Waals surface area contributed by atoms with Gasteiger partial charge in [0.25, 0.3) is 0 Å². The van der Waals surface area contributed by atoms with Gasteiger partial charge in [-0.2, -0.15) is 0 Å². The van der Waals surface area contributed by atoms with Crippen LogP contribution < -0.4 is 5.32 Å². The fourth-order valence-corrected chi connectivity index (χ4v) is 2.18. The summed E-state index contributed by atoms with van der Waals surface area (Å²) in [5.41, 5.74) is 0.842. The number of nitrogens with zero attached hydrogens (tertiary/aromatic N) is 1. The molecule has 0 aliphatic rings. The second kappa shape index (κ2) is 11.5. The van der Waals surface area contributed by atoms with Crippen molar-refractivity contribution in [1.29, 1.82) is 0 Å². The number of rotatable bonds is 10. The molecule has 0 fully saturated rings. The highest BCUT2D eigenvalue weighted by molar-refractivity contribution is 5.74. The topological polar surface area (TPSA) is 108 Å². The Kier molecular flexibility index (Phi) is 9.70. The lowest BCUT2D eigenvalue weighted by molar-refractivity contribution is -0.143. The molecule has 0 saturated carbocycles. The fourth-order valence-electron chi connectivity index (χ4n) is 2.18. The van der Waals surface area contributed by atoms with Crippen LogP contribution in [0.2, 0.25) is 0 Å². The van der Waals surface area contributed by atoms with Crippen LogP contribution in [-0.4, -0.2) is 72.7 Å². The summed E-state index contributed by atoms with van der Waals surface area (Å²) >= 11 is 0. The Morgan fingerprint density at radius 3 is 2.63 bits per heavy atom. The second-order valence-corrected chi connectivity index (χ2v) is 6.15. The number of aliphatic hydroxyl groups is 2. The average Bonchev–Trinajstić information content (AvgIpc) is 2.64. The first kappa shape index (κ1) is 22.8. The van der Waals surface area contributed by atoms with Crippen LogP contribution in [0.3, 0.4) is 0 Å². The van der Waals surface area contributed by atoms with Gasteiger partial charge in [0.2, 0.25) is 0 Å². The Hall–Kier alpha value is -2.23. The molecular formula is C18H27FN2O6. The third-order valence-corrected chi connectivity index (χ3v) is 3.88. The molecule has 8 nitrogen and oxygen atoms in total. The summed E-state index contributed by atoms with van der Waals surface area (Å²) in [7, 11) is 1.49. The zero-order chi connectivity index (χ0) is 20.4. The number of carbonyl (C=O) groups excluding carboxylic acids is 2. The summed E-state index contributed by atoms with van der Waals surface area (Å²) in [4.78, 5) is 24.7. The molecule has 9 heteroatoms. The molecule has 0 heterocycles. The number of aliphatic hydroxyl groups excluding tert-OH is 2. The van der Waals surface area contributed by atoms with Crippen molar-refractivity contribution in [3.8, 4) is 0 Å². The molecule has 1 aromatic carbocycles. The SMILES string of the molecule is CC(=O)OCC(COCC(O)CO)N(C)C(=O)NCc1cccc(C)c1F. The predicted molar refractivity (Wildman–Crippen MR) is 95.5 cm³/mol.